The van der Waals surface area contributed by atoms with Crippen LogP contribution >= 0.6 is 0 Å². The van der Waals surface area contributed by atoms with Gasteiger partial charge in [0.2, 0.25) is 5.69 Å². The van der Waals surface area contributed by atoms with E-state index >= 15 is 4.39 Å². The molecule has 2 aliphatic carbocycles. The Morgan fingerprint density at radius 2 is 1.36 bits per heavy atom. The Morgan fingerprint density at radius 3 is 2.00 bits per heavy atom. The molecule has 0 bridgehead atoms. The predicted molar refractivity (Wildman–Crippen MR) is 185 cm³/mol. The van der Waals surface area contributed by atoms with Crippen molar-refractivity contribution in [2.75, 3.05) is 0 Å². The van der Waals surface area contributed by atoms with Gasteiger partial charge >= 0.3 is 0 Å². The van der Waals surface area contributed by atoms with Crippen molar-refractivity contribution in [1.29, 1.82) is 0 Å². The molecule has 5 aromatic rings. The van der Waals surface area contributed by atoms with Crippen molar-refractivity contribution >= 4 is 21.9 Å². The minimum absolute atomic E-state index is 0.111. The van der Waals surface area contributed by atoms with Crippen LogP contribution in [-0.4, -0.2) is 0 Å². The first-order valence-corrected chi connectivity index (χ1v) is 16.8. The molecule has 2 heterocycles. The lowest BCUT2D eigenvalue weighted by atomic mass is 9.39. The Morgan fingerprint density at radius 1 is 0.756 bits per heavy atom. The van der Waals surface area contributed by atoms with Crippen molar-refractivity contribution in [3.63, 3.8) is 0 Å². The number of fused-ring (bicyclic) bond motifs is 4. The summed E-state index contributed by atoms with van der Waals surface area (Å²) in [4.78, 5) is 0. The zero-order valence-electron chi connectivity index (χ0n) is 29.8. The third kappa shape index (κ3) is 3.88. The molecule has 0 spiro atoms. The van der Waals surface area contributed by atoms with Gasteiger partial charge in [-0.3, -0.25) is 0 Å². The molecule has 0 atom stereocenters. The van der Waals surface area contributed by atoms with E-state index in [-0.39, 0.29) is 27.5 Å². The fourth-order valence-electron chi connectivity index (χ4n) is 8.99. The molecular weight excluding hydrogens is 553 g/mol. The molecule has 0 amide bonds. The number of rotatable bonds is 3. The van der Waals surface area contributed by atoms with E-state index < -0.39 is 5.89 Å². The summed E-state index contributed by atoms with van der Waals surface area (Å²) < 4.78 is 35.4. The molecule has 0 saturated heterocycles. The zero-order valence-corrected chi connectivity index (χ0v) is 28.8. The quantitative estimate of drug-likeness (QED) is 0.188. The van der Waals surface area contributed by atoms with E-state index in [4.69, 9.17) is 4.42 Å². The van der Waals surface area contributed by atoms with Crippen LogP contribution in [0.15, 0.2) is 65.2 Å². The summed E-state index contributed by atoms with van der Waals surface area (Å²) in [6.07, 6.45) is 5.93. The van der Waals surface area contributed by atoms with E-state index in [1.54, 1.807) is 6.07 Å². The third-order valence-corrected chi connectivity index (χ3v) is 13.3. The molecule has 2 aromatic heterocycles. The highest BCUT2D eigenvalue weighted by Crippen LogP contribution is 2.68. The Bertz CT molecular complexity index is 2050. The van der Waals surface area contributed by atoms with E-state index in [0.717, 1.165) is 70.0 Å². The molecule has 2 aliphatic rings. The molecule has 0 unspecified atom stereocenters. The van der Waals surface area contributed by atoms with Crippen molar-refractivity contribution in [3.8, 4) is 22.4 Å². The summed E-state index contributed by atoms with van der Waals surface area (Å²) in [5, 5.41) is 1.91. The highest BCUT2D eigenvalue weighted by atomic mass is 19.1. The molecule has 45 heavy (non-hydrogen) atoms. The van der Waals surface area contributed by atoms with Crippen molar-refractivity contribution in [3.05, 3.63) is 88.9 Å². The Labute approximate surface area is 270 Å². The Balaban J connectivity index is 1.63. The number of hydrogen-bond donors (Lipinski definition) is 0. The van der Waals surface area contributed by atoms with Crippen LogP contribution in [0.1, 0.15) is 111 Å². The number of hydrogen-bond acceptors (Lipinski definition) is 1. The molecular formula is C42H49FNO+. The highest BCUT2D eigenvalue weighted by Gasteiger charge is 2.62. The standard InChI is InChI=1S/C42H49FNO/c1-25-18-19-28-29-22-23-31(43)34(38(29)45-37(28)33(25)32-17-13-14-24-44(32)10)30-21-20-27(26-15-11-12-16-26)35-36(30)40(4,5)42(8,9)41(6,7)39(35,2)3/h13-14,17-24,26H,11-12,15-16H2,1-10H3/q+1/i26D. The minimum atomic E-state index is -0.630. The minimum Gasteiger partial charge on any atom is -0.454 e. The van der Waals surface area contributed by atoms with Crippen LogP contribution in [0.25, 0.3) is 44.3 Å². The van der Waals surface area contributed by atoms with Gasteiger partial charge in [0.15, 0.2) is 6.20 Å². The molecule has 2 nitrogen and oxygen atoms in total. The number of furan rings is 1. The number of nitrogens with zero attached hydrogens (tertiary/aromatic N) is 1. The molecule has 0 aliphatic heterocycles. The van der Waals surface area contributed by atoms with Gasteiger partial charge in [-0.05, 0) is 93.3 Å². The van der Waals surface area contributed by atoms with Crippen LogP contribution in [-0.2, 0) is 17.9 Å². The topological polar surface area (TPSA) is 17.0 Å². The van der Waals surface area contributed by atoms with Crippen LogP contribution in [0.5, 0.6) is 0 Å². The van der Waals surface area contributed by atoms with E-state index in [9.17, 15) is 1.37 Å². The van der Waals surface area contributed by atoms with Gasteiger partial charge in [-0.1, -0.05) is 92.5 Å². The summed E-state index contributed by atoms with van der Waals surface area (Å²) in [6.45, 7) is 21.1. The third-order valence-electron chi connectivity index (χ3n) is 13.3. The first kappa shape index (κ1) is 29.0. The smallest absolute Gasteiger partial charge is 0.216 e. The Hall–Kier alpha value is -3.46. The summed E-state index contributed by atoms with van der Waals surface area (Å²) in [7, 11) is 2.05. The van der Waals surface area contributed by atoms with Gasteiger partial charge in [-0.15, -0.1) is 0 Å². The lowest BCUT2D eigenvalue weighted by molar-refractivity contribution is -0.660. The maximum Gasteiger partial charge on any atom is 0.216 e. The van der Waals surface area contributed by atoms with Crippen molar-refractivity contribution in [2.45, 2.75) is 105 Å². The monoisotopic (exact) mass is 603 g/mol. The van der Waals surface area contributed by atoms with Gasteiger partial charge in [0.05, 0.1) is 11.1 Å². The van der Waals surface area contributed by atoms with Gasteiger partial charge in [-0.25, -0.2) is 8.96 Å². The second-order valence-corrected chi connectivity index (χ2v) is 16.0. The molecule has 3 heteroatoms. The van der Waals surface area contributed by atoms with Gasteiger partial charge in [-0.2, -0.15) is 0 Å². The number of aryl methyl sites for hydroxylation is 2. The van der Waals surface area contributed by atoms with Gasteiger partial charge in [0, 0.05) is 24.3 Å². The molecule has 7 rings (SSSR count). The maximum atomic E-state index is 16.6. The number of benzene rings is 3. The fraction of sp³-hybridized carbons (Fsp3) is 0.452. The van der Waals surface area contributed by atoms with E-state index in [1.807, 2.05) is 31.4 Å². The Kier molecular flexibility index (Phi) is 6.29. The summed E-state index contributed by atoms with van der Waals surface area (Å²) in [6, 6.07) is 18.2. The molecule has 1 fully saturated rings. The second kappa shape index (κ2) is 9.77. The van der Waals surface area contributed by atoms with Gasteiger partial charge < -0.3 is 4.42 Å². The number of pyridine rings is 1. The molecule has 1 saturated carbocycles. The molecule has 234 valence electrons. The van der Waals surface area contributed by atoms with E-state index in [0.29, 0.717) is 11.1 Å². The average molecular weight is 604 g/mol. The molecule has 3 aromatic carbocycles. The van der Waals surface area contributed by atoms with Crippen LogP contribution in [0.3, 0.4) is 0 Å². The lowest BCUT2D eigenvalue weighted by Gasteiger charge is -2.65. The summed E-state index contributed by atoms with van der Waals surface area (Å²) in [5.74, 6) is -0.905. The summed E-state index contributed by atoms with van der Waals surface area (Å²) in [5.41, 5.74) is 8.69. The van der Waals surface area contributed by atoms with Crippen LogP contribution in [0.4, 0.5) is 4.39 Å². The van der Waals surface area contributed by atoms with Crippen molar-refractivity contribution in [1.82, 2.24) is 0 Å². The molecule has 0 N–H and O–H groups in total. The lowest BCUT2D eigenvalue weighted by Crippen LogP contribution is -2.60. The van der Waals surface area contributed by atoms with E-state index in [2.05, 4.69) is 97.2 Å². The fourth-order valence-corrected chi connectivity index (χ4v) is 8.99. The SMILES string of the molecule is [2H]C1(c2ccc(-c3c(F)ccc4c3oc3c(-c5cccc[n+]5C)c(C)ccc34)c3c2C(C)(C)C(C)(C)C(C)(C)C3(C)C)CCCC1. The normalized spacial score (nSPS) is 21.2. The van der Waals surface area contributed by atoms with E-state index in [1.165, 1.54) is 11.1 Å². The van der Waals surface area contributed by atoms with Crippen molar-refractivity contribution in [2.24, 2.45) is 17.9 Å². The first-order chi connectivity index (χ1) is 21.5. The van der Waals surface area contributed by atoms with Crippen LogP contribution in [0.2, 0.25) is 0 Å². The second-order valence-electron chi connectivity index (χ2n) is 16.0. The van der Waals surface area contributed by atoms with Crippen LogP contribution in [0, 0.1) is 23.6 Å². The van der Waals surface area contributed by atoms with Crippen LogP contribution < -0.4 is 4.57 Å². The van der Waals surface area contributed by atoms with Gasteiger partial charge in [0.1, 0.15) is 24.0 Å². The first-order valence-electron chi connectivity index (χ1n) is 17.3. The van der Waals surface area contributed by atoms with Crippen molar-refractivity contribution < 1.29 is 14.7 Å². The average Bonchev–Trinajstić information content (AvgIpc) is 3.60. The molecule has 0 radical (unpaired) electrons. The summed E-state index contributed by atoms with van der Waals surface area (Å²) >= 11 is 0. The number of halogens is 1. The highest BCUT2D eigenvalue weighted by molar-refractivity contribution is 6.13. The van der Waals surface area contributed by atoms with Gasteiger partial charge in [0.25, 0.3) is 0 Å². The maximum absolute atomic E-state index is 16.6. The zero-order chi connectivity index (χ0) is 33.2. The predicted octanol–water partition coefficient (Wildman–Crippen LogP) is 11.5. The number of aromatic nitrogens is 1. The largest absolute Gasteiger partial charge is 0.454 e.